The van der Waals surface area contributed by atoms with Crippen LogP contribution in [0.1, 0.15) is 24.8 Å². The van der Waals surface area contributed by atoms with Crippen LogP contribution in [-0.2, 0) is 0 Å². The van der Waals surface area contributed by atoms with Gasteiger partial charge in [-0.2, -0.15) is 0 Å². The van der Waals surface area contributed by atoms with Crippen LogP contribution in [0.4, 0.5) is 5.69 Å². The summed E-state index contributed by atoms with van der Waals surface area (Å²) < 4.78 is 0. The SMILES string of the molecule is C#C/C(=C\C=C)N(/C1=C/C/C=C(/c2ccccc2)CC#CC1)c1cccc2ccccc12. The van der Waals surface area contributed by atoms with E-state index in [1.54, 1.807) is 6.08 Å². The highest BCUT2D eigenvalue weighted by atomic mass is 15.2. The predicted octanol–water partition coefficient (Wildman–Crippen LogP) is 7.50. The molecule has 1 aliphatic carbocycles. The van der Waals surface area contributed by atoms with Crippen LogP contribution in [-0.4, -0.2) is 0 Å². The second kappa shape index (κ2) is 10.2. The highest BCUT2D eigenvalue weighted by Gasteiger charge is 2.17. The van der Waals surface area contributed by atoms with Crippen LogP contribution in [0.15, 0.2) is 115 Å². The van der Waals surface area contributed by atoms with Crippen molar-refractivity contribution in [3.63, 3.8) is 0 Å². The molecule has 4 rings (SSSR count). The maximum atomic E-state index is 5.96. The van der Waals surface area contributed by atoms with Crippen molar-refractivity contribution in [1.82, 2.24) is 0 Å². The van der Waals surface area contributed by atoms with Crippen molar-refractivity contribution in [1.29, 1.82) is 0 Å². The van der Waals surface area contributed by atoms with E-state index in [2.05, 4.69) is 108 Å². The molecule has 0 spiro atoms. The standard InChI is InChI=1S/C31H25N/c1-3-14-28(4-2)32(31-24-13-20-27-18-9-11-23-30(27)31)29-21-10-8-17-26(19-12-22-29)25-15-6-5-7-16-25/h2-3,5-7,9,11,13-16,18-20,22-24H,1,12,17,21H2/b26-19+,28-14+,29-22+. The zero-order valence-electron chi connectivity index (χ0n) is 18.1. The van der Waals surface area contributed by atoms with Gasteiger partial charge in [0.05, 0.1) is 11.4 Å². The van der Waals surface area contributed by atoms with Gasteiger partial charge in [0.1, 0.15) is 0 Å². The van der Waals surface area contributed by atoms with Crippen LogP contribution in [0.5, 0.6) is 0 Å². The maximum absolute atomic E-state index is 5.96. The minimum Gasteiger partial charge on any atom is -0.306 e. The average molecular weight is 412 g/mol. The second-order valence-corrected chi connectivity index (χ2v) is 7.50. The van der Waals surface area contributed by atoms with Gasteiger partial charge in [0, 0.05) is 23.9 Å². The molecule has 1 aliphatic rings. The molecule has 1 nitrogen and oxygen atoms in total. The summed E-state index contributed by atoms with van der Waals surface area (Å²) in [4.78, 5) is 2.15. The third kappa shape index (κ3) is 4.59. The maximum Gasteiger partial charge on any atom is 0.0964 e. The molecule has 0 unspecified atom stereocenters. The summed E-state index contributed by atoms with van der Waals surface area (Å²) in [7, 11) is 0. The van der Waals surface area contributed by atoms with Crippen molar-refractivity contribution >= 4 is 22.0 Å². The Balaban J connectivity index is 1.82. The summed E-state index contributed by atoms with van der Waals surface area (Å²) in [6.07, 6.45) is 16.2. The van der Waals surface area contributed by atoms with E-state index in [9.17, 15) is 0 Å². The minimum atomic E-state index is 0.620. The summed E-state index contributed by atoms with van der Waals surface area (Å²) in [5, 5.41) is 2.32. The molecule has 0 heterocycles. The highest BCUT2D eigenvalue weighted by molar-refractivity contribution is 5.96. The zero-order chi connectivity index (χ0) is 22.2. The van der Waals surface area contributed by atoms with E-state index in [4.69, 9.17) is 6.42 Å². The number of benzene rings is 3. The average Bonchev–Trinajstić information content (AvgIpc) is 2.97. The Morgan fingerprint density at radius 1 is 0.906 bits per heavy atom. The van der Waals surface area contributed by atoms with E-state index < -0.39 is 0 Å². The van der Waals surface area contributed by atoms with Gasteiger partial charge < -0.3 is 4.90 Å². The van der Waals surface area contributed by atoms with Crippen LogP contribution in [0.3, 0.4) is 0 Å². The van der Waals surface area contributed by atoms with Gasteiger partial charge in [-0.25, -0.2) is 0 Å². The van der Waals surface area contributed by atoms with Crippen LogP contribution in [0, 0.1) is 24.2 Å². The van der Waals surface area contributed by atoms with Gasteiger partial charge in [-0.3, -0.25) is 0 Å². The second-order valence-electron chi connectivity index (χ2n) is 7.50. The molecule has 3 aromatic carbocycles. The van der Waals surface area contributed by atoms with E-state index in [-0.39, 0.29) is 0 Å². The number of anilines is 1. The van der Waals surface area contributed by atoms with Gasteiger partial charge >= 0.3 is 0 Å². The highest BCUT2D eigenvalue weighted by Crippen LogP contribution is 2.33. The van der Waals surface area contributed by atoms with Crippen molar-refractivity contribution < 1.29 is 0 Å². The normalized spacial score (nSPS) is 17.2. The lowest BCUT2D eigenvalue weighted by Gasteiger charge is -2.28. The molecule has 154 valence electrons. The lowest BCUT2D eigenvalue weighted by Crippen LogP contribution is -2.21. The molecular formula is C31H25N. The molecule has 32 heavy (non-hydrogen) atoms. The number of terminal acetylenes is 1. The lowest BCUT2D eigenvalue weighted by molar-refractivity contribution is 1.05. The van der Waals surface area contributed by atoms with E-state index >= 15 is 0 Å². The molecule has 3 aromatic rings. The molecule has 0 fully saturated rings. The monoisotopic (exact) mass is 411 g/mol. The first-order valence-corrected chi connectivity index (χ1v) is 10.8. The fraction of sp³-hybridized carbons (Fsp3) is 0.0968. The Bertz CT molecular complexity index is 1310. The Kier molecular flexibility index (Phi) is 6.72. The number of fused-ring (bicyclic) bond motifs is 1. The minimum absolute atomic E-state index is 0.620. The Labute approximate surface area is 191 Å². The van der Waals surface area contributed by atoms with Gasteiger partial charge in [-0.05, 0) is 35.1 Å². The molecule has 0 N–H and O–H groups in total. The molecule has 0 saturated heterocycles. The van der Waals surface area contributed by atoms with Crippen molar-refractivity contribution in [2.75, 3.05) is 4.90 Å². The zero-order valence-corrected chi connectivity index (χ0v) is 18.1. The van der Waals surface area contributed by atoms with E-state index in [0.29, 0.717) is 6.42 Å². The number of allylic oxidation sites excluding steroid dienone is 7. The van der Waals surface area contributed by atoms with Gasteiger partial charge in [0.15, 0.2) is 0 Å². The van der Waals surface area contributed by atoms with Gasteiger partial charge in [-0.1, -0.05) is 109 Å². The largest absolute Gasteiger partial charge is 0.306 e. The number of hydrogen-bond donors (Lipinski definition) is 0. The molecule has 0 bridgehead atoms. The summed E-state index contributed by atoms with van der Waals surface area (Å²) in [6, 6.07) is 25.1. The van der Waals surface area contributed by atoms with E-state index in [1.165, 1.54) is 16.5 Å². The van der Waals surface area contributed by atoms with Crippen molar-refractivity contribution in [3.05, 3.63) is 121 Å². The molecule has 0 aliphatic heterocycles. The van der Waals surface area contributed by atoms with Crippen LogP contribution in [0.2, 0.25) is 0 Å². The van der Waals surface area contributed by atoms with Crippen molar-refractivity contribution in [2.45, 2.75) is 19.3 Å². The third-order valence-electron chi connectivity index (χ3n) is 5.49. The summed E-state index contributed by atoms with van der Waals surface area (Å²) in [6.45, 7) is 3.87. The first-order valence-electron chi connectivity index (χ1n) is 10.8. The quantitative estimate of drug-likeness (QED) is 0.310. The molecule has 0 atom stereocenters. The molecule has 1 heteroatoms. The number of hydrogen-bond acceptors (Lipinski definition) is 1. The smallest absolute Gasteiger partial charge is 0.0964 e. The van der Waals surface area contributed by atoms with E-state index in [0.717, 1.165) is 35.3 Å². The fourth-order valence-corrected chi connectivity index (χ4v) is 3.98. The fourth-order valence-electron chi connectivity index (χ4n) is 3.98. The lowest BCUT2D eigenvalue weighted by atomic mass is 10.0. The van der Waals surface area contributed by atoms with Crippen molar-refractivity contribution in [3.8, 4) is 24.2 Å². The summed E-state index contributed by atoms with van der Waals surface area (Å²) >= 11 is 0. The number of nitrogens with zero attached hydrogens (tertiary/aromatic N) is 1. The van der Waals surface area contributed by atoms with Crippen LogP contribution < -0.4 is 4.90 Å². The molecule has 0 saturated carbocycles. The van der Waals surface area contributed by atoms with Gasteiger partial charge in [0.25, 0.3) is 0 Å². The Hall–Kier alpha value is -4.20. The van der Waals surface area contributed by atoms with Gasteiger partial charge in [0.2, 0.25) is 0 Å². The van der Waals surface area contributed by atoms with Gasteiger partial charge in [-0.15, -0.1) is 6.42 Å². The first-order chi connectivity index (χ1) is 15.8. The van der Waals surface area contributed by atoms with Crippen molar-refractivity contribution in [2.24, 2.45) is 0 Å². The summed E-state index contributed by atoms with van der Waals surface area (Å²) in [5.74, 6) is 9.60. The number of rotatable bonds is 5. The molecule has 0 aromatic heterocycles. The Morgan fingerprint density at radius 3 is 2.47 bits per heavy atom. The molecular weight excluding hydrogens is 386 g/mol. The Morgan fingerprint density at radius 2 is 1.66 bits per heavy atom. The predicted molar refractivity (Wildman–Crippen MR) is 138 cm³/mol. The molecule has 0 radical (unpaired) electrons. The molecule has 0 amide bonds. The first kappa shape index (κ1) is 21.0. The third-order valence-corrected chi connectivity index (χ3v) is 5.49. The van der Waals surface area contributed by atoms with E-state index in [1.807, 2.05) is 12.1 Å². The topological polar surface area (TPSA) is 3.24 Å². The summed E-state index contributed by atoms with van der Waals surface area (Å²) in [5.41, 5.74) is 5.35. The van der Waals surface area contributed by atoms with Crippen LogP contribution >= 0.6 is 0 Å². The van der Waals surface area contributed by atoms with Crippen LogP contribution in [0.25, 0.3) is 16.3 Å².